The molecule has 0 spiro atoms. The predicted octanol–water partition coefficient (Wildman–Crippen LogP) is 2.40. The van der Waals surface area contributed by atoms with Crippen molar-refractivity contribution in [3.05, 3.63) is 24.5 Å². The first-order valence-corrected chi connectivity index (χ1v) is 7.50. The number of anilines is 2. The van der Waals surface area contributed by atoms with Crippen LogP contribution in [0, 0.1) is 0 Å². The van der Waals surface area contributed by atoms with Crippen LogP contribution >= 0.6 is 11.5 Å². The fourth-order valence-corrected chi connectivity index (χ4v) is 3.48. The van der Waals surface area contributed by atoms with E-state index in [1.807, 2.05) is 18.3 Å². The Kier molecular flexibility index (Phi) is 3.84. The fraction of sp³-hybridized carbons (Fsp3) is 0.429. The Morgan fingerprint density at radius 3 is 3.15 bits per heavy atom. The van der Waals surface area contributed by atoms with Crippen molar-refractivity contribution in [3.63, 3.8) is 0 Å². The molecule has 20 heavy (non-hydrogen) atoms. The number of hydrogen-bond donors (Lipinski definition) is 1. The third kappa shape index (κ3) is 2.48. The van der Waals surface area contributed by atoms with Crippen molar-refractivity contribution in [2.24, 2.45) is 0 Å². The van der Waals surface area contributed by atoms with Gasteiger partial charge in [-0.15, -0.1) is 0 Å². The Morgan fingerprint density at radius 1 is 1.50 bits per heavy atom. The highest BCUT2D eigenvalue weighted by Crippen LogP contribution is 2.40. The monoisotopic (exact) mass is 290 g/mol. The van der Waals surface area contributed by atoms with E-state index >= 15 is 0 Å². The largest absolute Gasteiger partial charge is 0.382 e. The van der Waals surface area contributed by atoms with E-state index in [4.69, 9.17) is 10.5 Å². The lowest BCUT2D eigenvalue weighted by molar-refractivity contribution is 0.0895. The lowest BCUT2D eigenvalue weighted by Gasteiger charge is -2.33. The van der Waals surface area contributed by atoms with Crippen molar-refractivity contribution < 1.29 is 4.74 Å². The normalized spacial score (nSPS) is 19.2. The molecule has 1 saturated heterocycles. The maximum atomic E-state index is 6.06. The summed E-state index contributed by atoms with van der Waals surface area (Å²) in [5.41, 5.74) is 8.08. The Labute approximate surface area is 122 Å². The molecule has 0 saturated carbocycles. The molecule has 0 amide bonds. The van der Waals surface area contributed by atoms with Crippen molar-refractivity contribution in [2.75, 3.05) is 30.8 Å². The summed E-state index contributed by atoms with van der Waals surface area (Å²) in [6.07, 6.45) is 6.13. The lowest BCUT2D eigenvalue weighted by atomic mass is 10.1. The summed E-state index contributed by atoms with van der Waals surface area (Å²) in [6, 6.07) is 3.94. The molecule has 3 rings (SSSR count). The van der Waals surface area contributed by atoms with Gasteiger partial charge in [-0.1, -0.05) is 6.07 Å². The van der Waals surface area contributed by atoms with Gasteiger partial charge >= 0.3 is 0 Å². The average molecular weight is 290 g/mol. The predicted molar refractivity (Wildman–Crippen MR) is 82.0 cm³/mol. The molecule has 106 valence electrons. The smallest absolute Gasteiger partial charge is 0.147 e. The van der Waals surface area contributed by atoms with Gasteiger partial charge in [0.2, 0.25) is 0 Å². The van der Waals surface area contributed by atoms with E-state index in [1.54, 1.807) is 13.3 Å². The van der Waals surface area contributed by atoms with Crippen LogP contribution in [0.3, 0.4) is 0 Å². The number of methoxy groups -OCH3 is 1. The van der Waals surface area contributed by atoms with Gasteiger partial charge in [0.05, 0.1) is 11.7 Å². The summed E-state index contributed by atoms with van der Waals surface area (Å²) in [5, 5.41) is 1.12. The van der Waals surface area contributed by atoms with Crippen LogP contribution in [-0.2, 0) is 4.74 Å². The Bertz CT molecular complexity index is 572. The van der Waals surface area contributed by atoms with Gasteiger partial charge in [-0.05, 0) is 30.4 Å². The minimum atomic E-state index is 0.286. The van der Waals surface area contributed by atoms with E-state index in [-0.39, 0.29) is 6.10 Å². The second-order valence-electron chi connectivity index (χ2n) is 4.94. The highest BCUT2D eigenvalue weighted by molar-refractivity contribution is 7.11. The molecule has 2 aromatic rings. The second-order valence-corrected chi connectivity index (χ2v) is 5.69. The number of nitrogens with two attached hydrogens (primary N) is 1. The van der Waals surface area contributed by atoms with Gasteiger partial charge in [0, 0.05) is 38.2 Å². The molecule has 2 N–H and O–H groups in total. The van der Waals surface area contributed by atoms with Gasteiger partial charge in [0.1, 0.15) is 10.8 Å². The average Bonchev–Trinajstić information content (AvgIpc) is 2.90. The number of rotatable bonds is 3. The topological polar surface area (TPSA) is 64.3 Å². The van der Waals surface area contributed by atoms with Crippen LogP contribution in [0.5, 0.6) is 0 Å². The maximum absolute atomic E-state index is 6.06. The molecule has 1 unspecified atom stereocenters. The van der Waals surface area contributed by atoms with Gasteiger partial charge in [0.25, 0.3) is 0 Å². The van der Waals surface area contributed by atoms with Gasteiger partial charge in [-0.2, -0.15) is 4.37 Å². The molecule has 1 atom stereocenters. The van der Waals surface area contributed by atoms with Gasteiger partial charge in [-0.3, -0.25) is 4.98 Å². The molecule has 3 heterocycles. The quantitative estimate of drug-likeness (QED) is 0.940. The highest BCUT2D eigenvalue weighted by Gasteiger charge is 2.25. The molecule has 0 bridgehead atoms. The van der Waals surface area contributed by atoms with Crippen molar-refractivity contribution in [3.8, 4) is 11.1 Å². The number of nitrogen functional groups attached to an aromatic ring is 1. The summed E-state index contributed by atoms with van der Waals surface area (Å²) in [6.45, 7) is 1.92. The molecule has 2 aromatic heterocycles. The summed E-state index contributed by atoms with van der Waals surface area (Å²) in [4.78, 5) is 6.50. The molecular weight excluding hydrogens is 272 g/mol. The van der Waals surface area contributed by atoms with Crippen molar-refractivity contribution in [2.45, 2.75) is 18.9 Å². The summed E-state index contributed by atoms with van der Waals surface area (Å²) in [7, 11) is 1.78. The first-order chi connectivity index (χ1) is 9.79. The fourth-order valence-electron chi connectivity index (χ4n) is 2.61. The van der Waals surface area contributed by atoms with Crippen LogP contribution in [0.1, 0.15) is 12.8 Å². The minimum Gasteiger partial charge on any atom is -0.382 e. The first-order valence-electron chi connectivity index (χ1n) is 6.73. The van der Waals surface area contributed by atoms with E-state index in [0.29, 0.717) is 5.82 Å². The summed E-state index contributed by atoms with van der Waals surface area (Å²) >= 11 is 1.46. The number of aromatic nitrogens is 2. The van der Waals surface area contributed by atoms with E-state index in [2.05, 4.69) is 14.3 Å². The molecule has 1 fully saturated rings. The second kappa shape index (κ2) is 5.76. The minimum absolute atomic E-state index is 0.286. The van der Waals surface area contributed by atoms with Gasteiger partial charge < -0.3 is 15.4 Å². The molecule has 5 nitrogen and oxygen atoms in total. The molecule has 6 heteroatoms. The number of piperidine rings is 1. The number of pyridine rings is 1. The molecule has 0 aliphatic carbocycles. The standard InChI is InChI=1S/C14H18N4OS/c1-19-11-5-3-7-18(9-11)14-12(13(15)17-20-14)10-4-2-6-16-8-10/h2,4,6,8,11H,3,5,7,9H2,1H3,(H2,15,17). The van der Waals surface area contributed by atoms with Crippen LogP contribution in [0.4, 0.5) is 10.8 Å². The Balaban J connectivity index is 1.95. The summed E-state index contributed by atoms with van der Waals surface area (Å²) < 4.78 is 9.82. The zero-order valence-corrected chi connectivity index (χ0v) is 12.3. The third-order valence-corrected chi connectivity index (χ3v) is 4.57. The molecule has 1 aliphatic heterocycles. The molecule has 0 radical (unpaired) electrons. The third-order valence-electron chi connectivity index (χ3n) is 3.65. The Hall–Kier alpha value is -1.66. The van der Waals surface area contributed by atoms with Crippen LogP contribution in [0.25, 0.3) is 11.1 Å². The van der Waals surface area contributed by atoms with E-state index in [0.717, 1.165) is 42.1 Å². The van der Waals surface area contributed by atoms with Crippen LogP contribution in [-0.4, -0.2) is 35.7 Å². The zero-order chi connectivity index (χ0) is 13.9. The van der Waals surface area contributed by atoms with E-state index in [1.165, 1.54) is 11.5 Å². The number of hydrogen-bond acceptors (Lipinski definition) is 6. The molecule has 0 aromatic carbocycles. The SMILES string of the molecule is COC1CCCN(c2snc(N)c2-c2cccnc2)C1. The van der Waals surface area contributed by atoms with Crippen LogP contribution in [0.2, 0.25) is 0 Å². The first kappa shape index (κ1) is 13.3. The van der Waals surface area contributed by atoms with Crippen molar-refractivity contribution in [1.82, 2.24) is 9.36 Å². The highest BCUT2D eigenvalue weighted by atomic mass is 32.1. The lowest BCUT2D eigenvalue weighted by Crippen LogP contribution is -2.39. The van der Waals surface area contributed by atoms with E-state index in [9.17, 15) is 0 Å². The number of nitrogens with zero attached hydrogens (tertiary/aromatic N) is 3. The number of ether oxygens (including phenoxy) is 1. The maximum Gasteiger partial charge on any atom is 0.147 e. The van der Waals surface area contributed by atoms with Crippen LogP contribution in [0.15, 0.2) is 24.5 Å². The Morgan fingerprint density at radius 2 is 2.40 bits per heavy atom. The summed E-state index contributed by atoms with van der Waals surface area (Å²) in [5.74, 6) is 0.581. The zero-order valence-electron chi connectivity index (χ0n) is 11.5. The van der Waals surface area contributed by atoms with Gasteiger partial charge in [-0.25, -0.2) is 0 Å². The molecule has 1 aliphatic rings. The van der Waals surface area contributed by atoms with Crippen molar-refractivity contribution in [1.29, 1.82) is 0 Å². The van der Waals surface area contributed by atoms with Crippen molar-refractivity contribution >= 4 is 22.4 Å². The van der Waals surface area contributed by atoms with Crippen LogP contribution < -0.4 is 10.6 Å². The van der Waals surface area contributed by atoms with Gasteiger partial charge in [0.15, 0.2) is 0 Å². The molecular formula is C14H18N4OS. The van der Waals surface area contributed by atoms with E-state index < -0.39 is 0 Å².